The van der Waals surface area contributed by atoms with E-state index in [0.717, 1.165) is 23.9 Å². The van der Waals surface area contributed by atoms with Gasteiger partial charge >= 0.3 is 0 Å². The largest absolute Gasteiger partial charge is 0.475 e. The highest BCUT2D eigenvalue weighted by Gasteiger charge is 2.32. The highest BCUT2D eigenvalue weighted by molar-refractivity contribution is 7.10. The number of thiophene rings is 1. The first-order valence-electron chi connectivity index (χ1n) is 7.61. The molecular formula is C17H22N2OS. The van der Waals surface area contributed by atoms with Crippen LogP contribution in [0.3, 0.4) is 0 Å². The quantitative estimate of drug-likeness (QED) is 0.833. The van der Waals surface area contributed by atoms with Gasteiger partial charge in [0.25, 0.3) is 0 Å². The van der Waals surface area contributed by atoms with Crippen molar-refractivity contribution in [2.75, 3.05) is 0 Å². The summed E-state index contributed by atoms with van der Waals surface area (Å²) in [7, 11) is 0. The number of aromatic nitrogens is 1. The minimum absolute atomic E-state index is 0.148. The summed E-state index contributed by atoms with van der Waals surface area (Å²) in [6.07, 6.45) is 4.60. The first-order valence-corrected chi connectivity index (χ1v) is 8.49. The first-order chi connectivity index (χ1) is 10.2. The number of pyridine rings is 1. The Morgan fingerprint density at radius 1 is 1.33 bits per heavy atom. The third-order valence-corrected chi connectivity index (χ3v) is 4.61. The lowest BCUT2D eigenvalue weighted by atomic mass is 10.1. The summed E-state index contributed by atoms with van der Waals surface area (Å²) in [6, 6.07) is 8.90. The third kappa shape index (κ3) is 3.83. The highest BCUT2D eigenvalue weighted by Crippen LogP contribution is 2.42. The molecule has 0 aliphatic heterocycles. The molecule has 0 bridgehead atoms. The second kappa shape index (κ2) is 6.58. The van der Waals surface area contributed by atoms with Crippen LogP contribution in [0.25, 0.3) is 0 Å². The van der Waals surface area contributed by atoms with E-state index < -0.39 is 0 Å². The molecule has 2 aromatic heterocycles. The Bertz CT molecular complexity index is 564. The fraction of sp³-hybridized carbons (Fsp3) is 0.471. The predicted molar refractivity (Wildman–Crippen MR) is 86.6 cm³/mol. The number of hydrogen-bond acceptors (Lipinski definition) is 4. The fourth-order valence-electron chi connectivity index (χ4n) is 2.51. The van der Waals surface area contributed by atoms with E-state index in [1.54, 1.807) is 6.20 Å². The molecule has 21 heavy (non-hydrogen) atoms. The van der Waals surface area contributed by atoms with Crippen molar-refractivity contribution in [3.05, 3.63) is 46.3 Å². The minimum Gasteiger partial charge on any atom is -0.475 e. The molecule has 3 rings (SSSR count). The van der Waals surface area contributed by atoms with E-state index in [1.807, 2.05) is 31.3 Å². The SMILES string of the molecule is CC(C)Oc1ncccc1CNC(c1cccs1)C1CC1. The molecule has 112 valence electrons. The molecule has 0 aromatic carbocycles. The van der Waals surface area contributed by atoms with Crippen LogP contribution in [0.2, 0.25) is 0 Å². The van der Waals surface area contributed by atoms with E-state index >= 15 is 0 Å². The van der Waals surface area contributed by atoms with Crippen molar-refractivity contribution >= 4 is 11.3 Å². The topological polar surface area (TPSA) is 34.1 Å². The molecule has 0 spiro atoms. The van der Waals surface area contributed by atoms with Gasteiger partial charge in [-0.05, 0) is 50.1 Å². The number of ether oxygens (including phenoxy) is 1. The summed E-state index contributed by atoms with van der Waals surface area (Å²) < 4.78 is 5.80. The van der Waals surface area contributed by atoms with E-state index in [-0.39, 0.29) is 6.10 Å². The maximum atomic E-state index is 5.80. The standard InChI is InChI=1S/C17H22N2OS/c1-12(2)20-17-14(5-3-9-18-17)11-19-16(13-7-8-13)15-6-4-10-21-15/h3-6,9-10,12-13,16,19H,7-8,11H2,1-2H3. The summed E-state index contributed by atoms with van der Waals surface area (Å²) in [5, 5.41) is 5.86. The van der Waals surface area contributed by atoms with Crippen LogP contribution in [0.15, 0.2) is 35.8 Å². The number of nitrogens with zero attached hydrogens (tertiary/aromatic N) is 1. The first kappa shape index (κ1) is 14.5. The number of hydrogen-bond donors (Lipinski definition) is 1. The van der Waals surface area contributed by atoms with Crippen molar-refractivity contribution in [1.29, 1.82) is 0 Å². The van der Waals surface area contributed by atoms with Gasteiger partial charge < -0.3 is 10.1 Å². The van der Waals surface area contributed by atoms with Gasteiger partial charge in [0, 0.05) is 29.2 Å². The second-order valence-corrected chi connectivity index (χ2v) is 6.82. The lowest BCUT2D eigenvalue weighted by molar-refractivity contribution is 0.229. The molecule has 0 radical (unpaired) electrons. The van der Waals surface area contributed by atoms with Gasteiger partial charge in [-0.3, -0.25) is 0 Å². The van der Waals surface area contributed by atoms with Crippen LogP contribution in [0.4, 0.5) is 0 Å². The van der Waals surface area contributed by atoms with Gasteiger partial charge in [-0.25, -0.2) is 4.98 Å². The van der Waals surface area contributed by atoms with Crippen molar-refractivity contribution in [1.82, 2.24) is 10.3 Å². The summed E-state index contributed by atoms with van der Waals surface area (Å²) in [5.74, 6) is 1.54. The molecule has 0 saturated heterocycles. The second-order valence-electron chi connectivity index (χ2n) is 5.85. The molecule has 2 aromatic rings. The van der Waals surface area contributed by atoms with Crippen LogP contribution in [0, 0.1) is 5.92 Å². The van der Waals surface area contributed by atoms with Gasteiger partial charge in [0.15, 0.2) is 0 Å². The third-order valence-electron chi connectivity index (χ3n) is 3.65. The molecule has 2 heterocycles. The minimum atomic E-state index is 0.148. The summed E-state index contributed by atoms with van der Waals surface area (Å²) in [4.78, 5) is 5.80. The van der Waals surface area contributed by atoms with Gasteiger partial charge in [0.2, 0.25) is 5.88 Å². The van der Waals surface area contributed by atoms with Crippen molar-refractivity contribution in [2.24, 2.45) is 5.92 Å². The molecule has 1 aliphatic rings. The van der Waals surface area contributed by atoms with Crippen molar-refractivity contribution < 1.29 is 4.74 Å². The van der Waals surface area contributed by atoms with Crippen LogP contribution < -0.4 is 10.1 Å². The van der Waals surface area contributed by atoms with E-state index in [2.05, 4.69) is 33.9 Å². The molecule has 1 unspecified atom stereocenters. The van der Waals surface area contributed by atoms with E-state index in [1.165, 1.54) is 17.7 Å². The lowest BCUT2D eigenvalue weighted by Gasteiger charge is -2.18. The van der Waals surface area contributed by atoms with Crippen LogP contribution in [0.5, 0.6) is 5.88 Å². The van der Waals surface area contributed by atoms with Gasteiger partial charge in [0.1, 0.15) is 0 Å². The Hall–Kier alpha value is -1.39. The predicted octanol–water partition coefficient (Wildman–Crippen LogP) is 4.17. The summed E-state index contributed by atoms with van der Waals surface area (Å²) in [5.41, 5.74) is 1.13. The van der Waals surface area contributed by atoms with Crippen LogP contribution in [0.1, 0.15) is 43.2 Å². The Kier molecular flexibility index (Phi) is 4.56. The molecule has 0 amide bonds. The van der Waals surface area contributed by atoms with Crippen molar-refractivity contribution in [2.45, 2.75) is 45.4 Å². The maximum absolute atomic E-state index is 5.80. The van der Waals surface area contributed by atoms with Gasteiger partial charge in [-0.1, -0.05) is 12.1 Å². The molecule has 1 N–H and O–H groups in total. The van der Waals surface area contributed by atoms with Crippen LogP contribution in [-0.2, 0) is 6.54 Å². The van der Waals surface area contributed by atoms with E-state index in [4.69, 9.17) is 4.74 Å². The average molecular weight is 302 g/mol. The fourth-order valence-corrected chi connectivity index (χ4v) is 3.40. The van der Waals surface area contributed by atoms with Gasteiger partial charge in [-0.2, -0.15) is 0 Å². The zero-order valence-electron chi connectivity index (χ0n) is 12.6. The van der Waals surface area contributed by atoms with E-state index in [9.17, 15) is 0 Å². The zero-order chi connectivity index (χ0) is 14.7. The Labute approximate surface area is 130 Å². The molecular weight excluding hydrogens is 280 g/mol. The van der Waals surface area contributed by atoms with Crippen LogP contribution in [-0.4, -0.2) is 11.1 Å². The number of rotatable bonds is 7. The molecule has 4 heteroatoms. The van der Waals surface area contributed by atoms with E-state index in [0.29, 0.717) is 6.04 Å². The Morgan fingerprint density at radius 2 is 2.19 bits per heavy atom. The lowest BCUT2D eigenvalue weighted by Crippen LogP contribution is -2.22. The molecule has 1 atom stereocenters. The van der Waals surface area contributed by atoms with Crippen molar-refractivity contribution in [3.63, 3.8) is 0 Å². The van der Waals surface area contributed by atoms with Gasteiger partial charge in [0.05, 0.1) is 6.10 Å². The normalized spacial score (nSPS) is 16.1. The van der Waals surface area contributed by atoms with Gasteiger partial charge in [-0.15, -0.1) is 11.3 Å². The monoisotopic (exact) mass is 302 g/mol. The maximum Gasteiger partial charge on any atom is 0.218 e. The molecule has 1 aliphatic carbocycles. The Balaban J connectivity index is 1.69. The summed E-state index contributed by atoms with van der Waals surface area (Å²) in [6.45, 7) is 4.87. The average Bonchev–Trinajstić information content (AvgIpc) is 3.15. The van der Waals surface area contributed by atoms with Crippen molar-refractivity contribution in [3.8, 4) is 5.88 Å². The zero-order valence-corrected chi connectivity index (χ0v) is 13.4. The summed E-state index contributed by atoms with van der Waals surface area (Å²) >= 11 is 1.84. The smallest absolute Gasteiger partial charge is 0.218 e. The molecule has 1 saturated carbocycles. The van der Waals surface area contributed by atoms with Crippen LogP contribution >= 0.6 is 11.3 Å². The number of nitrogens with one attached hydrogen (secondary N) is 1. The molecule has 1 fully saturated rings. The molecule has 3 nitrogen and oxygen atoms in total. The Morgan fingerprint density at radius 3 is 2.86 bits per heavy atom. The highest BCUT2D eigenvalue weighted by atomic mass is 32.1.